The van der Waals surface area contributed by atoms with Crippen LogP contribution in [0.3, 0.4) is 0 Å². The van der Waals surface area contributed by atoms with Crippen molar-refractivity contribution in [2.24, 2.45) is 5.92 Å². The fourth-order valence-corrected chi connectivity index (χ4v) is 7.67. The van der Waals surface area contributed by atoms with Gasteiger partial charge in [0, 0.05) is 26.2 Å². The van der Waals surface area contributed by atoms with E-state index in [1.54, 1.807) is 0 Å². The number of rotatable bonds is 38. The Balaban J connectivity index is 2.17. The summed E-state index contributed by atoms with van der Waals surface area (Å²) < 4.78 is 0. The first-order valence-electron chi connectivity index (χ1n) is 23.0. The van der Waals surface area contributed by atoms with Gasteiger partial charge >= 0.3 is 0 Å². The Hall–Kier alpha value is -0.680. The molecule has 0 aromatic carbocycles. The van der Waals surface area contributed by atoms with Crippen LogP contribution in [0.4, 0.5) is 0 Å². The van der Waals surface area contributed by atoms with Gasteiger partial charge in [0.2, 0.25) is 0 Å². The molecule has 0 bridgehead atoms. The first-order chi connectivity index (χ1) is 24.7. The molecule has 0 unspecified atom stereocenters. The molecule has 296 valence electrons. The molecule has 4 heteroatoms. The van der Waals surface area contributed by atoms with Crippen molar-refractivity contribution in [3.05, 3.63) is 24.3 Å². The van der Waals surface area contributed by atoms with Crippen molar-refractivity contribution in [1.29, 1.82) is 0 Å². The third kappa shape index (κ3) is 30.9. The third-order valence-corrected chi connectivity index (χ3v) is 11.1. The lowest BCUT2D eigenvalue weighted by molar-refractivity contribution is -0.0473. The highest BCUT2D eigenvalue weighted by Crippen LogP contribution is 2.18. The number of hydrazine groups is 2. The van der Waals surface area contributed by atoms with Gasteiger partial charge in [-0.3, -0.25) is 0 Å². The van der Waals surface area contributed by atoms with E-state index in [1.807, 2.05) is 0 Å². The summed E-state index contributed by atoms with van der Waals surface area (Å²) in [4.78, 5) is 2.59. The zero-order valence-corrected chi connectivity index (χ0v) is 34.9. The van der Waals surface area contributed by atoms with Crippen molar-refractivity contribution in [3.8, 4) is 0 Å². The Morgan fingerprint density at radius 1 is 0.440 bits per heavy atom. The molecular weight excluding hydrogens is 609 g/mol. The van der Waals surface area contributed by atoms with E-state index in [-0.39, 0.29) is 0 Å². The highest BCUT2D eigenvalue weighted by molar-refractivity contribution is 4.82. The average Bonchev–Trinajstić information content (AvgIpc) is 3.13. The van der Waals surface area contributed by atoms with Gasteiger partial charge in [-0.15, -0.1) is 0 Å². The number of hydrogen-bond acceptors (Lipinski definition) is 4. The lowest BCUT2D eigenvalue weighted by Gasteiger charge is -2.41. The first kappa shape index (κ1) is 47.3. The van der Waals surface area contributed by atoms with Crippen LogP contribution in [-0.4, -0.2) is 60.7 Å². The molecule has 0 saturated carbocycles. The van der Waals surface area contributed by atoms with Gasteiger partial charge in [-0.1, -0.05) is 168 Å². The second kappa shape index (κ2) is 38.1. The van der Waals surface area contributed by atoms with E-state index in [1.165, 1.54) is 238 Å². The average molecular weight is 701 g/mol. The summed E-state index contributed by atoms with van der Waals surface area (Å²) in [7, 11) is 0. The standard InChI is InChI=1S/C46H92N4/c1-5-9-11-13-15-17-19-21-23-25-27-29-31-33-35-37-42-49-44-46(40-39-41-48(7-3)8-4)45-50(47-49)43-38-36-34-32-30-28-26-24-22-20-18-16-14-12-10-6-2/h21-24,46-47H,5-20,25-45H2,1-4H3/b23-21-,24-22-. The largest absolute Gasteiger partial charge is 0.304 e. The summed E-state index contributed by atoms with van der Waals surface area (Å²) in [6.07, 6.45) is 51.2. The second-order valence-electron chi connectivity index (χ2n) is 15.9. The Morgan fingerprint density at radius 2 is 0.780 bits per heavy atom. The minimum atomic E-state index is 0.801. The molecule has 0 radical (unpaired) electrons. The Labute approximate surface area is 316 Å². The van der Waals surface area contributed by atoms with Crippen LogP contribution >= 0.6 is 0 Å². The monoisotopic (exact) mass is 701 g/mol. The fraction of sp³-hybridized carbons (Fsp3) is 0.913. The molecule has 1 aliphatic heterocycles. The van der Waals surface area contributed by atoms with Crippen LogP contribution in [0.25, 0.3) is 0 Å². The van der Waals surface area contributed by atoms with Crippen molar-refractivity contribution < 1.29 is 0 Å². The molecule has 4 nitrogen and oxygen atoms in total. The van der Waals surface area contributed by atoms with Gasteiger partial charge < -0.3 is 4.90 Å². The number of nitrogens with zero attached hydrogens (tertiary/aromatic N) is 3. The van der Waals surface area contributed by atoms with Gasteiger partial charge in [-0.2, -0.15) is 5.53 Å². The van der Waals surface area contributed by atoms with Crippen LogP contribution < -0.4 is 5.53 Å². The van der Waals surface area contributed by atoms with E-state index in [4.69, 9.17) is 0 Å². The van der Waals surface area contributed by atoms with Crippen molar-refractivity contribution in [3.63, 3.8) is 0 Å². The van der Waals surface area contributed by atoms with E-state index < -0.39 is 0 Å². The topological polar surface area (TPSA) is 21.8 Å². The quantitative estimate of drug-likeness (QED) is 0.0511. The van der Waals surface area contributed by atoms with Gasteiger partial charge in [-0.25, -0.2) is 10.0 Å². The summed E-state index contributed by atoms with van der Waals surface area (Å²) >= 11 is 0. The predicted octanol–water partition coefficient (Wildman–Crippen LogP) is 13.8. The van der Waals surface area contributed by atoms with Crippen LogP contribution in [0.15, 0.2) is 24.3 Å². The lowest BCUT2D eigenvalue weighted by Crippen LogP contribution is -2.59. The Bertz CT molecular complexity index is 667. The smallest absolute Gasteiger partial charge is 0.0185 e. The van der Waals surface area contributed by atoms with E-state index in [0.29, 0.717) is 0 Å². The molecule has 1 rings (SSSR count). The maximum Gasteiger partial charge on any atom is 0.0185 e. The fourth-order valence-electron chi connectivity index (χ4n) is 7.67. The zero-order chi connectivity index (χ0) is 36.0. The van der Waals surface area contributed by atoms with Crippen molar-refractivity contribution in [1.82, 2.24) is 20.5 Å². The van der Waals surface area contributed by atoms with Crippen molar-refractivity contribution >= 4 is 0 Å². The van der Waals surface area contributed by atoms with Crippen LogP contribution in [-0.2, 0) is 0 Å². The summed E-state index contributed by atoms with van der Waals surface area (Å²) in [6.45, 7) is 17.7. The molecular formula is C46H92N4. The third-order valence-electron chi connectivity index (χ3n) is 11.1. The number of unbranched alkanes of at least 4 members (excludes halogenated alkanes) is 24. The van der Waals surface area contributed by atoms with Crippen LogP contribution in [0.1, 0.15) is 220 Å². The zero-order valence-electron chi connectivity index (χ0n) is 34.9. The molecule has 0 aliphatic carbocycles. The highest BCUT2D eigenvalue weighted by atomic mass is 15.8. The van der Waals surface area contributed by atoms with Gasteiger partial charge in [0.1, 0.15) is 0 Å². The van der Waals surface area contributed by atoms with Gasteiger partial charge in [0.25, 0.3) is 0 Å². The van der Waals surface area contributed by atoms with Crippen LogP contribution in [0.2, 0.25) is 0 Å². The molecule has 0 aromatic heterocycles. The lowest BCUT2D eigenvalue weighted by atomic mass is 10.0. The minimum absolute atomic E-state index is 0.801. The summed E-state index contributed by atoms with van der Waals surface area (Å²) in [5.74, 6) is 0.801. The van der Waals surface area contributed by atoms with Crippen LogP contribution in [0.5, 0.6) is 0 Å². The van der Waals surface area contributed by atoms with Gasteiger partial charge in [0.05, 0.1) is 0 Å². The molecule has 0 aromatic rings. The predicted molar refractivity (Wildman–Crippen MR) is 226 cm³/mol. The van der Waals surface area contributed by atoms with E-state index in [0.717, 1.165) is 5.92 Å². The SMILES string of the molecule is CCCCCCCC/C=C\CCCCCCCCN1CC(CCCN(CC)CC)CN(CCCCCCCC/C=C\CCCCCCCC)N1. The van der Waals surface area contributed by atoms with Gasteiger partial charge in [-0.05, 0) is 103 Å². The number of nitrogens with one attached hydrogen (secondary N) is 1. The Kier molecular flexibility index (Phi) is 36.0. The highest BCUT2D eigenvalue weighted by Gasteiger charge is 2.24. The van der Waals surface area contributed by atoms with Gasteiger partial charge in [0.15, 0.2) is 0 Å². The maximum atomic E-state index is 3.85. The normalized spacial score (nSPS) is 15.1. The molecule has 0 amide bonds. The van der Waals surface area contributed by atoms with Crippen molar-refractivity contribution in [2.75, 3.05) is 45.8 Å². The van der Waals surface area contributed by atoms with E-state index in [2.05, 4.69) is 72.5 Å². The molecule has 0 spiro atoms. The molecule has 1 fully saturated rings. The molecule has 1 heterocycles. The maximum absolute atomic E-state index is 3.85. The number of allylic oxidation sites excluding steroid dienone is 4. The molecule has 1 saturated heterocycles. The summed E-state index contributed by atoms with van der Waals surface area (Å²) in [5.41, 5.74) is 3.85. The Morgan fingerprint density at radius 3 is 1.14 bits per heavy atom. The summed E-state index contributed by atoms with van der Waals surface area (Å²) in [6, 6.07) is 0. The number of hydrogen-bond donors (Lipinski definition) is 1. The molecule has 0 atom stereocenters. The summed E-state index contributed by atoms with van der Waals surface area (Å²) in [5, 5.41) is 5.17. The molecule has 50 heavy (non-hydrogen) atoms. The molecule has 1 N–H and O–H groups in total. The first-order valence-corrected chi connectivity index (χ1v) is 23.0. The van der Waals surface area contributed by atoms with Crippen LogP contribution in [0, 0.1) is 5.92 Å². The van der Waals surface area contributed by atoms with Crippen molar-refractivity contribution in [2.45, 2.75) is 220 Å². The molecule has 1 aliphatic rings. The second-order valence-corrected chi connectivity index (χ2v) is 15.9. The van der Waals surface area contributed by atoms with E-state index >= 15 is 0 Å². The van der Waals surface area contributed by atoms with E-state index in [9.17, 15) is 0 Å². The minimum Gasteiger partial charge on any atom is -0.304 e.